The molecule has 1 aliphatic carbocycles. The molecule has 5 nitrogen and oxygen atoms in total. The highest BCUT2D eigenvalue weighted by Gasteiger charge is 2.36. The molecule has 23 heavy (non-hydrogen) atoms. The molecule has 0 aromatic heterocycles. The van der Waals surface area contributed by atoms with Gasteiger partial charge in [0.15, 0.2) is 0 Å². The van der Waals surface area contributed by atoms with Crippen LogP contribution in [0, 0.1) is 17.8 Å². The molecule has 1 N–H and O–H groups in total. The number of carboxylic acids is 1. The maximum absolute atomic E-state index is 12.5. The Hall–Kier alpha value is -1.10. The Morgan fingerprint density at radius 1 is 1.13 bits per heavy atom. The lowest BCUT2D eigenvalue weighted by Gasteiger charge is -2.41. The van der Waals surface area contributed by atoms with E-state index in [9.17, 15) is 14.7 Å². The second kappa shape index (κ2) is 8.67. The molecule has 1 saturated heterocycles. The van der Waals surface area contributed by atoms with Crippen molar-refractivity contribution in [3.05, 3.63) is 0 Å². The van der Waals surface area contributed by atoms with Crippen molar-refractivity contribution in [3.8, 4) is 0 Å². The molecule has 0 unspecified atom stereocenters. The van der Waals surface area contributed by atoms with Crippen LogP contribution in [0.15, 0.2) is 0 Å². The van der Waals surface area contributed by atoms with Crippen molar-refractivity contribution in [2.75, 3.05) is 32.7 Å². The van der Waals surface area contributed by atoms with E-state index in [4.69, 9.17) is 0 Å². The molecule has 1 amide bonds. The van der Waals surface area contributed by atoms with Crippen molar-refractivity contribution >= 4 is 11.9 Å². The summed E-state index contributed by atoms with van der Waals surface area (Å²) < 4.78 is 0. The molecule has 0 spiro atoms. The smallest absolute Gasteiger partial charge is 0.225 e. The molecule has 1 aliphatic heterocycles. The summed E-state index contributed by atoms with van der Waals surface area (Å²) in [4.78, 5) is 27.1. The lowest BCUT2D eigenvalue weighted by Crippen LogP contribution is -3.11. The third kappa shape index (κ3) is 4.93. The van der Waals surface area contributed by atoms with E-state index in [1.165, 1.54) is 6.42 Å². The molecule has 0 aromatic rings. The molecular weight excluding hydrogens is 292 g/mol. The number of carbonyl (C=O) groups is 2. The van der Waals surface area contributed by atoms with Crippen LogP contribution in [0.1, 0.15) is 52.4 Å². The van der Waals surface area contributed by atoms with E-state index in [1.54, 1.807) is 4.90 Å². The lowest BCUT2D eigenvalue weighted by atomic mass is 9.79. The highest BCUT2D eigenvalue weighted by atomic mass is 16.4. The predicted molar refractivity (Wildman–Crippen MR) is 86.7 cm³/mol. The Bertz CT molecular complexity index is 405. The zero-order chi connectivity index (χ0) is 16.8. The fourth-order valence-corrected chi connectivity index (χ4v) is 4.00. The SMILES string of the molecule is CC[NH+](CC)CC[C@H]1CN(C(=O)C2CCC2)CC[C@H]1CC(=O)[O-]. The number of likely N-dealkylation sites (tertiary alicyclic amines) is 1. The van der Waals surface area contributed by atoms with Gasteiger partial charge in [-0.1, -0.05) is 6.42 Å². The first-order valence-corrected chi connectivity index (χ1v) is 9.37. The Morgan fingerprint density at radius 2 is 1.83 bits per heavy atom. The minimum absolute atomic E-state index is 0.143. The van der Waals surface area contributed by atoms with E-state index in [2.05, 4.69) is 13.8 Å². The van der Waals surface area contributed by atoms with Gasteiger partial charge in [0.25, 0.3) is 0 Å². The normalized spacial score (nSPS) is 25.4. The second-order valence-electron chi connectivity index (χ2n) is 7.29. The van der Waals surface area contributed by atoms with Gasteiger partial charge in [0, 0.05) is 31.4 Å². The Morgan fingerprint density at radius 3 is 2.35 bits per heavy atom. The van der Waals surface area contributed by atoms with Gasteiger partial charge in [-0.3, -0.25) is 4.79 Å². The van der Waals surface area contributed by atoms with Crippen LogP contribution in [-0.2, 0) is 9.59 Å². The van der Waals surface area contributed by atoms with Gasteiger partial charge in [-0.25, -0.2) is 0 Å². The molecule has 2 aliphatic rings. The van der Waals surface area contributed by atoms with Gasteiger partial charge < -0.3 is 19.7 Å². The summed E-state index contributed by atoms with van der Waals surface area (Å²) in [7, 11) is 0. The van der Waals surface area contributed by atoms with Crippen LogP contribution < -0.4 is 10.0 Å². The second-order valence-corrected chi connectivity index (χ2v) is 7.29. The Labute approximate surface area is 140 Å². The number of hydrogen-bond acceptors (Lipinski definition) is 3. The van der Waals surface area contributed by atoms with Gasteiger partial charge in [-0.05, 0) is 51.4 Å². The molecule has 0 radical (unpaired) electrons. The summed E-state index contributed by atoms with van der Waals surface area (Å²) in [5, 5.41) is 11.0. The standard InChI is InChI=1S/C18H32N2O3/c1-3-19(4-2)10-8-16-13-20(18(23)14-6-5-7-14)11-9-15(16)12-17(21)22/h14-16H,3-13H2,1-2H3,(H,21,22)/t15-,16-/m0/s1. The number of nitrogens with zero attached hydrogens (tertiary/aromatic N) is 1. The number of piperidine rings is 1. The molecule has 0 aromatic carbocycles. The largest absolute Gasteiger partial charge is 0.550 e. The Kier molecular flexibility index (Phi) is 6.88. The van der Waals surface area contributed by atoms with Gasteiger partial charge in [0.05, 0.1) is 19.6 Å². The third-order valence-electron chi connectivity index (χ3n) is 5.95. The Balaban J connectivity index is 1.94. The van der Waals surface area contributed by atoms with Crippen molar-refractivity contribution in [2.24, 2.45) is 17.8 Å². The van der Waals surface area contributed by atoms with E-state index in [-0.39, 0.29) is 18.3 Å². The fourth-order valence-electron chi connectivity index (χ4n) is 4.00. The average molecular weight is 324 g/mol. The van der Waals surface area contributed by atoms with E-state index in [1.807, 2.05) is 4.90 Å². The summed E-state index contributed by atoms with van der Waals surface area (Å²) in [6.45, 7) is 9.09. The molecule has 5 heteroatoms. The van der Waals surface area contributed by atoms with Crippen LogP contribution in [0.25, 0.3) is 0 Å². The van der Waals surface area contributed by atoms with Gasteiger partial charge in [0.2, 0.25) is 5.91 Å². The van der Waals surface area contributed by atoms with Crippen LogP contribution in [0.3, 0.4) is 0 Å². The number of aliphatic carboxylic acids is 1. The molecule has 2 atom stereocenters. The number of nitrogens with one attached hydrogen (secondary N) is 1. The topological polar surface area (TPSA) is 64.9 Å². The van der Waals surface area contributed by atoms with E-state index < -0.39 is 5.97 Å². The van der Waals surface area contributed by atoms with Crippen molar-refractivity contribution < 1.29 is 19.6 Å². The minimum atomic E-state index is -0.950. The summed E-state index contributed by atoms with van der Waals surface area (Å²) in [5.41, 5.74) is 0. The monoisotopic (exact) mass is 324 g/mol. The third-order valence-corrected chi connectivity index (χ3v) is 5.95. The fraction of sp³-hybridized carbons (Fsp3) is 0.889. The highest BCUT2D eigenvalue weighted by Crippen LogP contribution is 2.33. The quantitative estimate of drug-likeness (QED) is 0.667. The van der Waals surface area contributed by atoms with Gasteiger partial charge in [-0.15, -0.1) is 0 Å². The molecule has 1 heterocycles. The van der Waals surface area contributed by atoms with Crippen molar-refractivity contribution in [3.63, 3.8) is 0 Å². The maximum Gasteiger partial charge on any atom is 0.225 e. The van der Waals surface area contributed by atoms with Gasteiger partial charge >= 0.3 is 0 Å². The molecule has 2 fully saturated rings. The first-order valence-electron chi connectivity index (χ1n) is 9.37. The first-order chi connectivity index (χ1) is 11.0. The predicted octanol–water partition coefficient (Wildman–Crippen LogP) is -0.294. The van der Waals surface area contributed by atoms with Gasteiger partial charge in [0.1, 0.15) is 0 Å². The van der Waals surface area contributed by atoms with E-state index in [0.29, 0.717) is 11.8 Å². The van der Waals surface area contributed by atoms with Crippen molar-refractivity contribution in [1.82, 2.24) is 4.90 Å². The van der Waals surface area contributed by atoms with Crippen LogP contribution in [0.4, 0.5) is 0 Å². The number of hydrogen-bond donors (Lipinski definition) is 1. The van der Waals surface area contributed by atoms with Crippen molar-refractivity contribution in [1.29, 1.82) is 0 Å². The molecular formula is C18H32N2O3. The molecule has 2 rings (SSSR count). The summed E-state index contributed by atoms with van der Waals surface area (Å²) in [5.74, 6) is 0.0678. The maximum atomic E-state index is 12.5. The molecule has 0 bridgehead atoms. The average Bonchev–Trinajstić information content (AvgIpc) is 2.47. The number of carboxylic acid groups (broad SMARTS) is 1. The number of amides is 1. The van der Waals surface area contributed by atoms with Gasteiger partial charge in [-0.2, -0.15) is 0 Å². The lowest BCUT2D eigenvalue weighted by molar-refractivity contribution is -0.897. The first kappa shape index (κ1) is 18.2. The number of carbonyl (C=O) groups excluding carboxylic acids is 2. The van der Waals surface area contributed by atoms with Crippen LogP contribution in [0.2, 0.25) is 0 Å². The van der Waals surface area contributed by atoms with Crippen LogP contribution >= 0.6 is 0 Å². The molecule has 1 saturated carbocycles. The summed E-state index contributed by atoms with van der Waals surface area (Å²) in [6, 6.07) is 0. The summed E-state index contributed by atoms with van der Waals surface area (Å²) in [6.07, 6.45) is 5.20. The highest BCUT2D eigenvalue weighted by molar-refractivity contribution is 5.79. The van der Waals surface area contributed by atoms with Crippen LogP contribution in [-0.4, -0.2) is 49.5 Å². The number of quaternary nitrogens is 1. The van der Waals surface area contributed by atoms with E-state index >= 15 is 0 Å². The zero-order valence-electron chi connectivity index (χ0n) is 14.7. The van der Waals surface area contributed by atoms with Crippen molar-refractivity contribution in [2.45, 2.75) is 52.4 Å². The minimum Gasteiger partial charge on any atom is -0.550 e. The van der Waals surface area contributed by atoms with Crippen LogP contribution in [0.5, 0.6) is 0 Å². The van der Waals surface area contributed by atoms with E-state index in [0.717, 1.165) is 58.4 Å². The number of rotatable bonds is 8. The molecule has 132 valence electrons. The zero-order valence-corrected chi connectivity index (χ0v) is 14.7. The summed E-state index contributed by atoms with van der Waals surface area (Å²) >= 11 is 0.